The van der Waals surface area contributed by atoms with Gasteiger partial charge in [0.15, 0.2) is 0 Å². The summed E-state index contributed by atoms with van der Waals surface area (Å²) in [5.41, 5.74) is 0.824. The third-order valence-electron chi connectivity index (χ3n) is 6.27. The van der Waals surface area contributed by atoms with E-state index in [4.69, 9.17) is 0 Å². The first kappa shape index (κ1) is 23.9. The lowest BCUT2D eigenvalue weighted by molar-refractivity contribution is -0.135. The first-order valence-electron chi connectivity index (χ1n) is 10.3. The number of hydrogen-bond donors (Lipinski definition) is 2. The summed E-state index contributed by atoms with van der Waals surface area (Å²) in [5.74, 6) is 0.955. The summed E-state index contributed by atoms with van der Waals surface area (Å²) in [5, 5.41) is 6.52. The maximum Gasteiger partial charge on any atom is 0.239 e. The van der Waals surface area contributed by atoms with Gasteiger partial charge in [0.25, 0.3) is 0 Å². The van der Waals surface area contributed by atoms with Crippen molar-refractivity contribution in [3.05, 3.63) is 30.3 Å². The van der Waals surface area contributed by atoms with E-state index in [0.717, 1.165) is 25.2 Å². The van der Waals surface area contributed by atoms with Crippen molar-refractivity contribution in [2.45, 2.75) is 44.2 Å². The number of amides is 2. The lowest BCUT2D eigenvalue weighted by Gasteiger charge is -2.35. The van der Waals surface area contributed by atoms with Crippen molar-refractivity contribution in [1.29, 1.82) is 0 Å². The van der Waals surface area contributed by atoms with Crippen molar-refractivity contribution in [3.63, 3.8) is 0 Å². The first-order valence-corrected chi connectivity index (χ1v) is 10.3. The number of para-hydroxylation sites is 1. The highest BCUT2D eigenvalue weighted by molar-refractivity contribution is 5.92. The van der Waals surface area contributed by atoms with Crippen LogP contribution >= 0.6 is 24.8 Å². The quantitative estimate of drug-likeness (QED) is 0.751. The first-order chi connectivity index (χ1) is 13.2. The Balaban J connectivity index is 0.00000150. The largest absolute Gasteiger partial charge is 0.339 e. The lowest BCUT2D eigenvalue weighted by Crippen LogP contribution is -2.54. The maximum atomic E-state index is 12.9. The number of hydrogen-bond acceptors (Lipinski definition) is 4. The molecule has 0 aromatic heterocycles. The zero-order valence-corrected chi connectivity index (χ0v) is 18.4. The second-order valence-corrected chi connectivity index (χ2v) is 8.12. The van der Waals surface area contributed by atoms with Gasteiger partial charge < -0.3 is 15.5 Å². The van der Waals surface area contributed by atoms with Crippen LogP contribution in [0.2, 0.25) is 0 Å². The average Bonchev–Trinajstić information content (AvgIpc) is 3.13. The Bertz CT molecular complexity index is 654. The molecular weight excluding hydrogens is 411 g/mol. The molecule has 2 saturated heterocycles. The molecule has 0 radical (unpaired) electrons. The third kappa shape index (κ3) is 6.07. The van der Waals surface area contributed by atoms with Gasteiger partial charge in [-0.3, -0.25) is 14.5 Å². The van der Waals surface area contributed by atoms with Gasteiger partial charge in [-0.1, -0.05) is 31.0 Å². The fourth-order valence-corrected chi connectivity index (χ4v) is 4.78. The summed E-state index contributed by atoms with van der Waals surface area (Å²) in [6, 6.07) is 10.1. The molecule has 162 valence electrons. The molecule has 6 nitrogen and oxygen atoms in total. The van der Waals surface area contributed by atoms with Crippen LogP contribution in [0.1, 0.15) is 32.1 Å². The van der Waals surface area contributed by atoms with Crippen LogP contribution in [0.5, 0.6) is 0 Å². The van der Waals surface area contributed by atoms with Gasteiger partial charge in [0, 0.05) is 37.9 Å². The number of carbonyl (C=O) groups excluding carboxylic acids is 2. The fraction of sp³-hybridized carbons (Fsp3) is 0.619. The van der Waals surface area contributed by atoms with E-state index in [-0.39, 0.29) is 42.7 Å². The molecule has 2 heterocycles. The number of nitrogens with zero attached hydrogens (tertiary/aromatic N) is 2. The third-order valence-corrected chi connectivity index (χ3v) is 6.27. The molecule has 1 saturated carbocycles. The topological polar surface area (TPSA) is 64.7 Å². The summed E-state index contributed by atoms with van der Waals surface area (Å²) in [6.07, 6.45) is 6.10. The zero-order chi connectivity index (χ0) is 18.6. The molecule has 8 heteroatoms. The predicted octanol–water partition coefficient (Wildman–Crippen LogP) is 2.53. The number of piperazine rings is 1. The molecule has 3 aliphatic rings. The molecule has 1 aliphatic carbocycles. The van der Waals surface area contributed by atoms with E-state index >= 15 is 0 Å². The molecule has 2 amide bonds. The number of halogens is 2. The highest BCUT2D eigenvalue weighted by Crippen LogP contribution is 2.33. The van der Waals surface area contributed by atoms with E-state index in [2.05, 4.69) is 15.5 Å². The second kappa shape index (κ2) is 11.2. The average molecular weight is 443 g/mol. The number of benzene rings is 1. The van der Waals surface area contributed by atoms with E-state index in [1.807, 2.05) is 35.2 Å². The summed E-state index contributed by atoms with van der Waals surface area (Å²) >= 11 is 0. The Labute approximate surface area is 185 Å². The molecule has 4 rings (SSSR count). The van der Waals surface area contributed by atoms with E-state index in [0.29, 0.717) is 31.6 Å². The molecule has 0 spiro atoms. The van der Waals surface area contributed by atoms with Crippen molar-refractivity contribution in [3.8, 4) is 0 Å². The van der Waals surface area contributed by atoms with Crippen LogP contribution in [-0.4, -0.2) is 66.4 Å². The van der Waals surface area contributed by atoms with Crippen LogP contribution in [0.25, 0.3) is 0 Å². The van der Waals surface area contributed by atoms with Crippen LogP contribution in [0.3, 0.4) is 0 Å². The Morgan fingerprint density at radius 2 is 1.69 bits per heavy atom. The number of nitrogens with one attached hydrogen (secondary N) is 2. The van der Waals surface area contributed by atoms with Gasteiger partial charge in [0.1, 0.15) is 0 Å². The smallest absolute Gasteiger partial charge is 0.239 e. The van der Waals surface area contributed by atoms with Crippen molar-refractivity contribution in [2.75, 3.05) is 38.0 Å². The molecule has 3 atom stereocenters. The van der Waals surface area contributed by atoms with Gasteiger partial charge in [-0.05, 0) is 37.3 Å². The highest BCUT2D eigenvalue weighted by Gasteiger charge is 2.40. The number of rotatable bonds is 4. The van der Waals surface area contributed by atoms with Gasteiger partial charge in [-0.15, -0.1) is 24.8 Å². The van der Waals surface area contributed by atoms with Crippen LogP contribution in [0.4, 0.5) is 5.69 Å². The van der Waals surface area contributed by atoms with Gasteiger partial charge in [0.05, 0.1) is 12.6 Å². The predicted molar refractivity (Wildman–Crippen MR) is 120 cm³/mol. The van der Waals surface area contributed by atoms with E-state index < -0.39 is 0 Å². The second-order valence-electron chi connectivity index (χ2n) is 8.12. The Morgan fingerprint density at radius 1 is 1.00 bits per heavy atom. The van der Waals surface area contributed by atoms with Crippen molar-refractivity contribution >= 4 is 42.3 Å². The SMILES string of the molecule is Cl.Cl.O=C(CN1CCN(C(=O)C2CC3CCCCC3N2)CC1)Nc1ccccc1. The summed E-state index contributed by atoms with van der Waals surface area (Å²) in [7, 11) is 0. The molecule has 0 bridgehead atoms. The van der Waals surface area contributed by atoms with Crippen LogP contribution < -0.4 is 10.6 Å². The molecule has 1 aromatic rings. The Kier molecular flexibility index (Phi) is 9.21. The van der Waals surface area contributed by atoms with E-state index in [9.17, 15) is 9.59 Å². The minimum absolute atomic E-state index is 0. The molecule has 1 aromatic carbocycles. The number of carbonyl (C=O) groups is 2. The number of anilines is 1. The molecule has 2 aliphatic heterocycles. The molecule has 3 unspecified atom stereocenters. The molecule has 3 fully saturated rings. The Hall–Kier alpha value is -1.34. The van der Waals surface area contributed by atoms with Gasteiger partial charge in [-0.25, -0.2) is 0 Å². The lowest BCUT2D eigenvalue weighted by atomic mass is 9.85. The fourth-order valence-electron chi connectivity index (χ4n) is 4.78. The summed E-state index contributed by atoms with van der Waals surface area (Å²) < 4.78 is 0. The molecular formula is C21H32Cl2N4O2. The monoisotopic (exact) mass is 442 g/mol. The zero-order valence-electron chi connectivity index (χ0n) is 16.7. The van der Waals surface area contributed by atoms with Crippen LogP contribution in [0.15, 0.2) is 30.3 Å². The summed E-state index contributed by atoms with van der Waals surface area (Å²) in [6.45, 7) is 3.32. The van der Waals surface area contributed by atoms with E-state index in [1.54, 1.807) is 0 Å². The van der Waals surface area contributed by atoms with Crippen LogP contribution in [0, 0.1) is 5.92 Å². The Morgan fingerprint density at radius 3 is 2.38 bits per heavy atom. The summed E-state index contributed by atoms with van der Waals surface area (Å²) in [4.78, 5) is 29.2. The molecule has 2 N–H and O–H groups in total. The van der Waals surface area contributed by atoms with Crippen molar-refractivity contribution in [2.24, 2.45) is 5.92 Å². The standard InChI is InChI=1S/C21H30N4O2.2ClH/c26-20(22-17-7-2-1-3-8-17)15-24-10-12-25(13-11-24)21(27)19-14-16-6-4-5-9-18(16)23-19;;/h1-3,7-8,16,18-19,23H,4-6,9-15H2,(H,22,26);2*1H. The van der Waals surface area contributed by atoms with Gasteiger partial charge in [-0.2, -0.15) is 0 Å². The minimum Gasteiger partial charge on any atom is -0.339 e. The van der Waals surface area contributed by atoms with Gasteiger partial charge >= 0.3 is 0 Å². The maximum absolute atomic E-state index is 12.9. The van der Waals surface area contributed by atoms with Crippen LogP contribution in [-0.2, 0) is 9.59 Å². The van der Waals surface area contributed by atoms with E-state index in [1.165, 1.54) is 25.7 Å². The van der Waals surface area contributed by atoms with Gasteiger partial charge in [0.2, 0.25) is 11.8 Å². The molecule has 29 heavy (non-hydrogen) atoms. The minimum atomic E-state index is 0. The highest BCUT2D eigenvalue weighted by atomic mass is 35.5. The number of fused-ring (bicyclic) bond motifs is 1. The van der Waals surface area contributed by atoms with Crippen molar-refractivity contribution in [1.82, 2.24) is 15.1 Å². The normalized spacial score (nSPS) is 26.6. The van der Waals surface area contributed by atoms with Crippen molar-refractivity contribution < 1.29 is 9.59 Å².